The number of rotatable bonds is 9. The van der Waals surface area contributed by atoms with Gasteiger partial charge in [-0.3, -0.25) is 4.79 Å². The highest BCUT2D eigenvalue weighted by molar-refractivity contribution is 5.77. The summed E-state index contributed by atoms with van der Waals surface area (Å²) in [5, 5.41) is 44.5. The second-order valence-corrected chi connectivity index (χ2v) is 8.93. The molecule has 0 unspecified atom stereocenters. The highest BCUT2D eigenvalue weighted by Crippen LogP contribution is 2.30. The first-order valence-electron chi connectivity index (χ1n) is 10.8. The van der Waals surface area contributed by atoms with E-state index in [9.17, 15) is 25.2 Å². The first kappa shape index (κ1) is 27.3. The average Bonchev–Trinajstić information content (AvgIpc) is 2.69. The molecule has 2 heterocycles. The maximum atomic E-state index is 12.2. The summed E-state index contributed by atoms with van der Waals surface area (Å²) in [5.41, 5.74) is 4.22. The van der Waals surface area contributed by atoms with Crippen molar-refractivity contribution >= 4 is 5.91 Å². The second-order valence-electron chi connectivity index (χ2n) is 8.93. The third-order valence-corrected chi connectivity index (χ3v) is 5.49. The second kappa shape index (κ2) is 11.5. The molecule has 0 spiro atoms. The van der Waals surface area contributed by atoms with Crippen molar-refractivity contribution in [3.63, 3.8) is 0 Å². The van der Waals surface area contributed by atoms with Gasteiger partial charge in [0.1, 0.15) is 30.5 Å². The Kier molecular flexibility index (Phi) is 9.79. The van der Waals surface area contributed by atoms with Crippen LogP contribution in [-0.4, -0.2) is 114 Å². The smallest absolute Gasteiger partial charge is 0.223 e. The van der Waals surface area contributed by atoms with E-state index < -0.39 is 72.9 Å². The van der Waals surface area contributed by atoms with Crippen LogP contribution >= 0.6 is 0 Å². The van der Waals surface area contributed by atoms with Crippen molar-refractivity contribution in [1.82, 2.24) is 5.32 Å². The van der Waals surface area contributed by atoms with Gasteiger partial charge in [-0.15, -0.1) is 0 Å². The Morgan fingerprint density at radius 1 is 1.03 bits per heavy atom. The molecule has 2 rings (SSSR count). The number of carbonyl (C=O) groups excluding carboxylic acids is 1. The molecule has 0 aliphatic carbocycles. The molecule has 12 heteroatoms. The van der Waals surface area contributed by atoms with Gasteiger partial charge in [-0.2, -0.15) is 0 Å². The van der Waals surface area contributed by atoms with E-state index in [2.05, 4.69) is 5.32 Å². The van der Waals surface area contributed by atoms with Gasteiger partial charge < -0.3 is 55.2 Å². The van der Waals surface area contributed by atoms with E-state index in [0.29, 0.717) is 0 Å². The minimum atomic E-state index is -1.36. The van der Waals surface area contributed by atoms with Crippen LogP contribution in [0.2, 0.25) is 0 Å². The van der Waals surface area contributed by atoms with Crippen LogP contribution in [0.4, 0.5) is 0 Å². The fourth-order valence-electron chi connectivity index (χ4n) is 3.84. The van der Waals surface area contributed by atoms with Crippen molar-refractivity contribution in [3.8, 4) is 0 Å². The standard InChI is InChI=1S/C20H38N2O10/c1-9-12(22-11(23)8-20(3,4)27)14(25)17(28-5)19(30-9)32-16-13(24)10(2)31-18(15(16)26)29-7-6-21/h9-10,12-19,24-27H,6-8,21H2,1-5H3,(H,22,23)/t9-,10+,12-,13+,14+,15-,16-,17-,18-,19+/m1/s1. The van der Waals surface area contributed by atoms with Gasteiger partial charge in [-0.25, -0.2) is 0 Å². The summed E-state index contributed by atoms with van der Waals surface area (Å²) >= 11 is 0. The van der Waals surface area contributed by atoms with Gasteiger partial charge in [-0.1, -0.05) is 0 Å². The minimum Gasteiger partial charge on any atom is -0.390 e. The van der Waals surface area contributed by atoms with E-state index in [1.54, 1.807) is 13.8 Å². The summed E-state index contributed by atoms with van der Waals surface area (Å²) in [4.78, 5) is 12.2. The van der Waals surface area contributed by atoms with Crippen LogP contribution in [0.3, 0.4) is 0 Å². The molecule has 0 radical (unpaired) electrons. The Labute approximate surface area is 187 Å². The first-order valence-corrected chi connectivity index (χ1v) is 10.8. The van der Waals surface area contributed by atoms with Crippen LogP contribution in [0.1, 0.15) is 34.1 Å². The van der Waals surface area contributed by atoms with Crippen LogP contribution in [0.5, 0.6) is 0 Å². The third kappa shape index (κ3) is 6.79. The number of hydrogen-bond acceptors (Lipinski definition) is 11. The molecule has 12 nitrogen and oxygen atoms in total. The number of aliphatic hydroxyl groups is 4. The number of amides is 1. The molecule has 7 N–H and O–H groups in total. The molecule has 2 saturated heterocycles. The molecule has 2 aliphatic heterocycles. The quantitative estimate of drug-likeness (QED) is 0.213. The SMILES string of the molecule is CO[C@H]1[C@H](O[C@@H]2[C@@H](O)[C@H](C)O[C@@H](OCCN)[C@@H]2O)O[C@H](C)[C@@H](NC(=O)CC(C)(C)O)[C@@H]1O. The Morgan fingerprint density at radius 3 is 2.22 bits per heavy atom. The lowest BCUT2D eigenvalue weighted by molar-refractivity contribution is -0.349. The van der Waals surface area contributed by atoms with E-state index in [1.807, 2.05) is 0 Å². The zero-order valence-electron chi connectivity index (χ0n) is 19.2. The molecule has 2 aliphatic rings. The summed E-state index contributed by atoms with van der Waals surface area (Å²) in [6.45, 7) is 6.60. The van der Waals surface area contributed by atoms with Gasteiger partial charge >= 0.3 is 0 Å². The van der Waals surface area contributed by atoms with Crippen molar-refractivity contribution in [3.05, 3.63) is 0 Å². The molecule has 0 saturated carbocycles. The third-order valence-electron chi connectivity index (χ3n) is 5.49. The van der Waals surface area contributed by atoms with Crippen molar-refractivity contribution in [2.75, 3.05) is 20.3 Å². The Balaban J connectivity index is 2.11. The Hall–Kier alpha value is -0.930. The molecule has 0 aromatic rings. The van der Waals surface area contributed by atoms with Crippen LogP contribution in [0.15, 0.2) is 0 Å². The van der Waals surface area contributed by atoms with Crippen LogP contribution in [0, 0.1) is 0 Å². The van der Waals surface area contributed by atoms with Gasteiger partial charge in [0, 0.05) is 13.7 Å². The fourth-order valence-corrected chi connectivity index (χ4v) is 3.84. The van der Waals surface area contributed by atoms with Crippen LogP contribution < -0.4 is 11.1 Å². The maximum Gasteiger partial charge on any atom is 0.223 e. The maximum absolute atomic E-state index is 12.2. The monoisotopic (exact) mass is 466 g/mol. The fraction of sp³-hybridized carbons (Fsp3) is 0.950. The number of ether oxygens (including phenoxy) is 5. The summed E-state index contributed by atoms with van der Waals surface area (Å²) in [5.74, 6) is -0.463. The van der Waals surface area contributed by atoms with E-state index in [4.69, 9.17) is 29.4 Å². The zero-order valence-corrected chi connectivity index (χ0v) is 19.2. The number of carbonyl (C=O) groups is 1. The molecule has 1 amide bonds. The van der Waals surface area contributed by atoms with Gasteiger partial charge in [0.25, 0.3) is 0 Å². The molecular formula is C20H38N2O10. The largest absolute Gasteiger partial charge is 0.390 e. The summed E-state index contributed by atoms with van der Waals surface area (Å²) in [6, 6.07) is -0.834. The number of methoxy groups -OCH3 is 1. The topological polar surface area (TPSA) is 182 Å². The van der Waals surface area contributed by atoms with Gasteiger partial charge in [0.2, 0.25) is 5.91 Å². The summed E-state index contributed by atoms with van der Waals surface area (Å²) in [7, 11) is 1.34. The molecule has 32 heavy (non-hydrogen) atoms. The summed E-state index contributed by atoms with van der Waals surface area (Å²) < 4.78 is 28.0. The van der Waals surface area contributed by atoms with Crippen LogP contribution in [0.25, 0.3) is 0 Å². The molecule has 2 fully saturated rings. The van der Waals surface area contributed by atoms with Gasteiger partial charge in [0.05, 0.1) is 36.9 Å². The molecule has 0 aromatic heterocycles. The number of nitrogens with one attached hydrogen (secondary N) is 1. The lowest BCUT2D eigenvalue weighted by atomic mass is 9.95. The predicted octanol–water partition coefficient (Wildman–Crippen LogP) is -2.42. The van der Waals surface area contributed by atoms with E-state index in [0.717, 1.165) is 0 Å². The number of hydrogen-bond donors (Lipinski definition) is 6. The molecule has 10 atom stereocenters. The molecule has 0 aromatic carbocycles. The lowest BCUT2D eigenvalue weighted by Gasteiger charge is -2.47. The Morgan fingerprint density at radius 2 is 1.66 bits per heavy atom. The summed E-state index contributed by atoms with van der Waals surface area (Å²) in [6.07, 6.45) is -9.81. The van der Waals surface area contributed by atoms with E-state index >= 15 is 0 Å². The van der Waals surface area contributed by atoms with Gasteiger partial charge in [-0.05, 0) is 27.7 Å². The van der Waals surface area contributed by atoms with E-state index in [-0.39, 0.29) is 19.6 Å². The lowest BCUT2D eigenvalue weighted by Crippen LogP contribution is -2.66. The van der Waals surface area contributed by atoms with E-state index in [1.165, 1.54) is 21.0 Å². The highest BCUT2D eigenvalue weighted by atomic mass is 16.7. The van der Waals surface area contributed by atoms with Crippen molar-refractivity contribution in [1.29, 1.82) is 0 Å². The molecular weight excluding hydrogens is 428 g/mol. The number of nitrogens with two attached hydrogens (primary N) is 1. The van der Waals surface area contributed by atoms with Crippen molar-refractivity contribution < 1.29 is 48.9 Å². The van der Waals surface area contributed by atoms with Crippen LogP contribution in [-0.2, 0) is 28.5 Å². The first-order chi connectivity index (χ1) is 14.9. The molecule has 188 valence electrons. The zero-order chi connectivity index (χ0) is 24.2. The normalized spacial score (nSPS) is 40.8. The predicted molar refractivity (Wildman–Crippen MR) is 110 cm³/mol. The average molecular weight is 467 g/mol. The number of aliphatic hydroxyl groups excluding tert-OH is 3. The highest BCUT2D eigenvalue weighted by Gasteiger charge is 2.50. The molecule has 0 bridgehead atoms. The van der Waals surface area contributed by atoms with Crippen molar-refractivity contribution in [2.45, 2.75) is 101 Å². The van der Waals surface area contributed by atoms with Gasteiger partial charge in [0.15, 0.2) is 12.6 Å². The Bertz CT molecular complexity index is 603. The minimum absolute atomic E-state index is 0.139. The van der Waals surface area contributed by atoms with Crippen molar-refractivity contribution in [2.24, 2.45) is 5.73 Å².